The predicted molar refractivity (Wildman–Crippen MR) is 77.3 cm³/mol. The number of fused-ring (bicyclic) bond motifs is 1. The number of carbonyl (C=O) groups is 1. The SMILES string of the molecule is Cc1nn2c(N)c(C(=O)O)nnc2c1-c1ccc(Cl)cc1. The molecule has 0 atom stereocenters. The Labute approximate surface area is 124 Å². The van der Waals surface area contributed by atoms with Crippen molar-refractivity contribution in [3.8, 4) is 11.1 Å². The topological polar surface area (TPSA) is 106 Å². The molecule has 21 heavy (non-hydrogen) atoms. The summed E-state index contributed by atoms with van der Waals surface area (Å²) >= 11 is 5.88. The summed E-state index contributed by atoms with van der Waals surface area (Å²) in [5, 5.41) is 21.5. The Morgan fingerprint density at radius 3 is 2.57 bits per heavy atom. The average Bonchev–Trinajstić information content (AvgIpc) is 2.77. The third-order valence-electron chi connectivity index (χ3n) is 3.09. The Kier molecular flexibility index (Phi) is 2.99. The minimum Gasteiger partial charge on any atom is -0.476 e. The number of benzene rings is 1. The Balaban J connectivity index is 2.30. The second kappa shape index (κ2) is 4.71. The molecule has 0 unspecified atom stereocenters. The predicted octanol–water partition coefficient (Wildman–Crippen LogP) is 2.03. The van der Waals surface area contributed by atoms with Crippen LogP contribution in [0.15, 0.2) is 24.3 Å². The van der Waals surface area contributed by atoms with Gasteiger partial charge in [-0.05, 0) is 24.6 Å². The van der Waals surface area contributed by atoms with E-state index >= 15 is 0 Å². The van der Waals surface area contributed by atoms with E-state index in [0.717, 1.165) is 11.1 Å². The molecule has 0 aliphatic rings. The van der Waals surface area contributed by atoms with Crippen LogP contribution in [0.1, 0.15) is 16.2 Å². The number of hydrogen-bond acceptors (Lipinski definition) is 5. The third kappa shape index (κ3) is 2.07. The highest BCUT2D eigenvalue weighted by Crippen LogP contribution is 2.29. The van der Waals surface area contributed by atoms with Crippen molar-refractivity contribution in [3.63, 3.8) is 0 Å². The van der Waals surface area contributed by atoms with E-state index in [1.54, 1.807) is 19.1 Å². The maximum Gasteiger partial charge on any atom is 0.360 e. The van der Waals surface area contributed by atoms with Crippen LogP contribution in [-0.2, 0) is 0 Å². The molecule has 0 aliphatic carbocycles. The van der Waals surface area contributed by atoms with E-state index in [1.165, 1.54) is 4.52 Å². The van der Waals surface area contributed by atoms with Crippen molar-refractivity contribution in [2.24, 2.45) is 0 Å². The fraction of sp³-hybridized carbons (Fsp3) is 0.0769. The summed E-state index contributed by atoms with van der Waals surface area (Å²) in [5.74, 6) is -1.31. The van der Waals surface area contributed by atoms with Crippen molar-refractivity contribution >= 4 is 29.0 Å². The van der Waals surface area contributed by atoms with Crippen molar-refractivity contribution in [1.82, 2.24) is 19.8 Å². The number of nitrogens with zero attached hydrogens (tertiary/aromatic N) is 4. The lowest BCUT2D eigenvalue weighted by molar-refractivity contribution is 0.0690. The first-order chi connectivity index (χ1) is 9.99. The molecule has 0 fully saturated rings. The Morgan fingerprint density at radius 2 is 1.95 bits per heavy atom. The number of nitrogen functional groups attached to an aromatic ring is 1. The summed E-state index contributed by atoms with van der Waals surface area (Å²) < 4.78 is 1.29. The largest absolute Gasteiger partial charge is 0.476 e. The standard InChI is InChI=1S/C13H10ClN5O2/c1-6-9(7-2-4-8(14)5-3-7)12-17-16-10(13(20)21)11(15)19(12)18-6/h2-5H,15H2,1H3,(H,20,21). The van der Waals surface area contributed by atoms with Gasteiger partial charge < -0.3 is 10.8 Å². The zero-order chi connectivity index (χ0) is 15.1. The first-order valence-electron chi connectivity index (χ1n) is 5.99. The van der Waals surface area contributed by atoms with Crippen LogP contribution >= 0.6 is 11.6 Å². The van der Waals surface area contributed by atoms with E-state index in [2.05, 4.69) is 15.3 Å². The van der Waals surface area contributed by atoms with Crippen molar-refractivity contribution in [1.29, 1.82) is 0 Å². The van der Waals surface area contributed by atoms with Gasteiger partial charge in [0.15, 0.2) is 11.5 Å². The van der Waals surface area contributed by atoms with Crippen LogP contribution in [0.5, 0.6) is 0 Å². The van der Waals surface area contributed by atoms with Crippen molar-refractivity contribution in [3.05, 3.63) is 40.7 Å². The molecule has 0 bridgehead atoms. The first-order valence-corrected chi connectivity index (χ1v) is 6.37. The summed E-state index contributed by atoms with van der Waals surface area (Å²) in [6, 6.07) is 7.16. The van der Waals surface area contributed by atoms with Gasteiger partial charge in [-0.15, -0.1) is 10.2 Å². The van der Waals surface area contributed by atoms with Gasteiger partial charge in [-0.25, -0.2) is 4.79 Å². The molecule has 1 aromatic carbocycles. The first kappa shape index (κ1) is 13.3. The minimum atomic E-state index is -1.25. The van der Waals surface area contributed by atoms with E-state index in [0.29, 0.717) is 16.4 Å². The molecule has 3 N–H and O–H groups in total. The highest BCUT2D eigenvalue weighted by Gasteiger charge is 2.20. The number of aromatic nitrogens is 4. The van der Waals surface area contributed by atoms with Crippen molar-refractivity contribution in [2.75, 3.05) is 5.73 Å². The maximum absolute atomic E-state index is 11.0. The maximum atomic E-state index is 11.0. The highest BCUT2D eigenvalue weighted by molar-refractivity contribution is 6.30. The molecule has 106 valence electrons. The zero-order valence-electron chi connectivity index (χ0n) is 10.9. The number of carboxylic acids is 1. The van der Waals surface area contributed by atoms with Crippen molar-refractivity contribution in [2.45, 2.75) is 6.92 Å². The molecule has 7 nitrogen and oxygen atoms in total. The molecular formula is C13H10ClN5O2. The van der Waals surface area contributed by atoms with Crippen molar-refractivity contribution < 1.29 is 9.90 Å². The van der Waals surface area contributed by atoms with Gasteiger partial charge in [0.1, 0.15) is 0 Å². The fourth-order valence-corrected chi connectivity index (χ4v) is 2.26. The van der Waals surface area contributed by atoms with Gasteiger partial charge >= 0.3 is 5.97 Å². The number of carboxylic acid groups (broad SMARTS) is 1. The van der Waals surface area contributed by atoms with Crippen LogP contribution in [0.25, 0.3) is 16.8 Å². The van der Waals surface area contributed by atoms with Gasteiger partial charge in [-0.3, -0.25) is 0 Å². The van der Waals surface area contributed by atoms with Crippen LogP contribution in [0.2, 0.25) is 5.02 Å². The van der Waals surface area contributed by atoms with Crippen LogP contribution in [0, 0.1) is 6.92 Å². The molecule has 3 aromatic rings. The van der Waals surface area contributed by atoms with Crippen LogP contribution in [0.3, 0.4) is 0 Å². The highest BCUT2D eigenvalue weighted by atomic mass is 35.5. The molecule has 2 aromatic heterocycles. The normalized spacial score (nSPS) is 11.0. The molecule has 0 saturated carbocycles. The third-order valence-corrected chi connectivity index (χ3v) is 3.34. The number of rotatable bonds is 2. The van der Waals surface area contributed by atoms with Crippen LogP contribution < -0.4 is 5.73 Å². The van der Waals surface area contributed by atoms with Gasteiger partial charge in [0, 0.05) is 5.02 Å². The number of hydrogen-bond donors (Lipinski definition) is 2. The molecule has 0 radical (unpaired) electrons. The van der Waals surface area contributed by atoms with Crippen LogP contribution in [-0.4, -0.2) is 30.9 Å². The summed E-state index contributed by atoms with van der Waals surface area (Å²) in [5.41, 5.74) is 8.13. The number of aromatic carboxylic acids is 1. The second-order valence-corrected chi connectivity index (χ2v) is 4.88. The molecule has 2 heterocycles. The fourth-order valence-electron chi connectivity index (χ4n) is 2.13. The number of halogens is 1. The Hall–Kier alpha value is -2.67. The lowest BCUT2D eigenvalue weighted by atomic mass is 10.1. The van der Waals surface area contributed by atoms with E-state index < -0.39 is 5.97 Å². The van der Waals surface area contributed by atoms with E-state index in [-0.39, 0.29) is 11.5 Å². The number of aryl methyl sites for hydroxylation is 1. The quantitative estimate of drug-likeness (QED) is 0.750. The molecule has 0 spiro atoms. The summed E-state index contributed by atoms with van der Waals surface area (Å²) in [7, 11) is 0. The van der Waals surface area contributed by atoms with E-state index in [4.69, 9.17) is 22.4 Å². The monoisotopic (exact) mass is 303 g/mol. The van der Waals surface area contributed by atoms with E-state index in [1.807, 2.05) is 12.1 Å². The summed E-state index contributed by atoms with van der Waals surface area (Å²) in [6.45, 7) is 1.79. The smallest absolute Gasteiger partial charge is 0.360 e. The molecular weight excluding hydrogens is 294 g/mol. The van der Waals surface area contributed by atoms with Gasteiger partial charge in [-0.2, -0.15) is 9.61 Å². The molecule has 0 amide bonds. The lowest BCUT2D eigenvalue weighted by Crippen LogP contribution is -2.12. The number of anilines is 1. The zero-order valence-corrected chi connectivity index (χ0v) is 11.7. The lowest BCUT2D eigenvalue weighted by Gasteiger charge is -2.03. The second-order valence-electron chi connectivity index (χ2n) is 4.44. The van der Waals surface area contributed by atoms with Gasteiger partial charge in [0.05, 0.1) is 11.3 Å². The summed E-state index contributed by atoms with van der Waals surface area (Å²) in [6.07, 6.45) is 0. The summed E-state index contributed by atoms with van der Waals surface area (Å²) in [4.78, 5) is 11.0. The minimum absolute atomic E-state index is 0.0594. The number of nitrogens with two attached hydrogens (primary N) is 1. The molecule has 3 rings (SSSR count). The molecule has 0 saturated heterocycles. The van der Waals surface area contributed by atoms with E-state index in [9.17, 15) is 4.79 Å². The van der Waals surface area contributed by atoms with Crippen LogP contribution in [0.4, 0.5) is 5.82 Å². The molecule has 0 aliphatic heterocycles. The van der Waals surface area contributed by atoms with Gasteiger partial charge in [0.25, 0.3) is 0 Å². The Morgan fingerprint density at radius 1 is 1.29 bits per heavy atom. The van der Waals surface area contributed by atoms with Gasteiger partial charge in [-0.1, -0.05) is 23.7 Å². The van der Waals surface area contributed by atoms with Gasteiger partial charge in [0.2, 0.25) is 5.69 Å². The average molecular weight is 304 g/mol. The molecule has 8 heteroatoms. The Bertz CT molecular complexity index is 857.